The van der Waals surface area contributed by atoms with Crippen LogP contribution in [0.1, 0.15) is 32.0 Å². The minimum absolute atomic E-state index is 0.158. The van der Waals surface area contributed by atoms with E-state index in [9.17, 15) is 27.6 Å². The van der Waals surface area contributed by atoms with Gasteiger partial charge in [0, 0.05) is 5.56 Å². The Hall–Kier alpha value is -2.90. The fourth-order valence-electron chi connectivity index (χ4n) is 2.14. The third-order valence-electron chi connectivity index (χ3n) is 3.41. The van der Waals surface area contributed by atoms with Crippen molar-refractivity contribution in [2.45, 2.75) is 19.6 Å². The van der Waals surface area contributed by atoms with Crippen molar-refractivity contribution in [1.29, 1.82) is 0 Å². The summed E-state index contributed by atoms with van der Waals surface area (Å²) in [5.74, 6) is -1.85. The second-order valence-corrected chi connectivity index (χ2v) is 5.17. The van der Waals surface area contributed by atoms with E-state index in [2.05, 4.69) is 0 Å². The van der Waals surface area contributed by atoms with Gasteiger partial charge in [-0.3, -0.25) is 19.0 Å². The van der Waals surface area contributed by atoms with Crippen molar-refractivity contribution in [2.24, 2.45) is 5.73 Å². The number of Topliss-reactive ketones (excluding diaryl/α,β-unsaturated/α-hetero) is 1. The number of halogens is 3. The van der Waals surface area contributed by atoms with E-state index in [4.69, 9.17) is 5.73 Å². The Bertz CT molecular complexity index is 852. The van der Waals surface area contributed by atoms with Gasteiger partial charge >= 0.3 is 6.18 Å². The van der Waals surface area contributed by atoms with E-state index in [-0.39, 0.29) is 10.1 Å². The number of nitrogens with zero attached hydrogens (tertiary/aromatic N) is 1. The minimum Gasteiger partial charge on any atom is -0.365 e. The van der Waals surface area contributed by atoms with Crippen molar-refractivity contribution in [3.05, 3.63) is 69.1 Å². The highest BCUT2D eigenvalue weighted by Crippen LogP contribution is 2.28. The first kappa shape index (κ1) is 17.5. The van der Waals surface area contributed by atoms with E-state index >= 15 is 0 Å². The van der Waals surface area contributed by atoms with Gasteiger partial charge in [0.2, 0.25) is 0 Å². The van der Waals surface area contributed by atoms with Gasteiger partial charge in [0.25, 0.3) is 11.5 Å². The largest absolute Gasteiger partial charge is 0.431 e. The minimum atomic E-state index is -4.86. The van der Waals surface area contributed by atoms with Crippen LogP contribution in [0.2, 0.25) is 0 Å². The highest BCUT2D eigenvalue weighted by Gasteiger charge is 2.35. The molecule has 5 nitrogen and oxygen atoms in total. The lowest BCUT2D eigenvalue weighted by Crippen LogP contribution is -2.35. The zero-order chi connectivity index (χ0) is 18.1. The fourth-order valence-corrected chi connectivity index (χ4v) is 2.14. The number of primary amides is 1. The van der Waals surface area contributed by atoms with Crippen molar-refractivity contribution in [2.75, 3.05) is 0 Å². The van der Waals surface area contributed by atoms with Crippen LogP contribution in [-0.4, -0.2) is 16.3 Å². The van der Waals surface area contributed by atoms with Gasteiger partial charge in [0.15, 0.2) is 5.78 Å². The molecule has 0 atom stereocenters. The zero-order valence-electron chi connectivity index (χ0n) is 12.6. The summed E-state index contributed by atoms with van der Waals surface area (Å²) in [5, 5.41) is 0. The molecule has 2 N–H and O–H groups in total. The molecule has 2 aromatic rings. The topological polar surface area (TPSA) is 82.2 Å². The average molecular weight is 338 g/mol. The molecule has 0 unspecified atom stereocenters. The van der Waals surface area contributed by atoms with E-state index in [0.29, 0.717) is 12.1 Å². The number of rotatable bonds is 4. The molecule has 0 aliphatic carbocycles. The Morgan fingerprint density at radius 2 is 1.67 bits per heavy atom. The third kappa shape index (κ3) is 3.53. The smallest absolute Gasteiger partial charge is 0.365 e. The number of carbonyl (C=O) groups is 2. The Kier molecular flexibility index (Phi) is 4.59. The van der Waals surface area contributed by atoms with Gasteiger partial charge in [-0.25, -0.2) is 0 Å². The van der Waals surface area contributed by atoms with E-state index in [1.807, 2.05) is 0 Å². The summed E-state index contributed by atoms with van der Waals surface area (Å²) < 4.78 is 39.5. The molecule has 1 amide bonds. The molecule has 0 saturated heterocycles. The molecule has 0 aliphatic heterocycles. The zero-order valence-corrected chi connectivity index (χ0v) is 12.6. The number of amides is 1. The van der Waals surface area contributed by atoms with Crippen LogP contribution in [0, 0.1) is 6.92 Å². The summed E-state index contributed by atoms with van der Waals surface area (Å²) in [6.07, 6.45) is -4.86. The summed E-state index contributed by atoms with van der Waals surface area (Å²) in [5.41, 5.74) is 2.83. The number of nitrogens with two attached hydrogens (primary N) is 1. The van der Waals surface area contributed by atoms with E-state index < -0.39 is 41.2 Å². The maximum atomic E-state index is 13.1. The van der Waals surface area contributed by atoms with Gasteiger partial charge in [-0.05, 0) is 19.1 Å². The predicted molar refractivity (Wildman–Crippen MR) is 79.7 cm³/mol. The second kappa shape index (κ2) is 6.31. The quantitative estimate of drug-likeness (QED) is 0.867. The molecule has 0 saturated carbocycles. The third-order valence-corrected chi connectivity index (χ3v) is 3.41. The van der Waals surface area contributed by atoms with Crippen molar-refractivity contribution < 1.29 is 22.8 Å². The van der Waals surface area contributed by atoms with Crippen LogP contribution >= 0.6 is 0 Å². The van der Waals surface area contributed by atoms with E-state index in [1.54, 1.807) is 19.1 Å². The number of hydrogen-bond acceptors (Lipinski definition) is 3. The van der Waals surface area contributed by atoms with Gasteiger partial charge in [-0.15, -0.1) is 0 Å². The number of alkyl halides is 3. The maximum absolute atomic E-state index is 13.1. The van der Waals surface area contributed by atoms with Crippen molar-refractivity contribution in [3.8, 4) is 0 Å². The van der Waals surface area contributed by atoms with E-state index in [0.717, 1.165) is 5.56 Å². The molecule has 0 spiro atoms. The summed E-state index contributed by atoms with van der Waals surface area (Å²) in [7, 11) is 0. The highest BCUT2D eigenvalue weighted by molar-refractivity contribution is 5.96. The van der Waals surface area contributed by atoms with Crippen molar-refractivity contribution in [3.63, 3.8) is 0 Å². The molecule has 24 heavy (non-hydrogen) atoms. The Morgan fingerprint density at radius 1 is 1.08 bits per heavy atom. The van der Waals surface area contributed by atoms with Crippen molar-refractivity contribution >= 4 is 11.7 Å². The average Bonchev–Trinajstić information content (AvgIpc) is 2.48. The standard InChI is InChI=1S/C16H13F3N2O3/c1-9-2-4-10(5-3-9)12(22)8-21-13(16(17,18)19)7-6-11(14(20)23)15(21)24/h2-7H,8H2,1H3,(H2,20,23). The first-order chi connectivity index (χ1) is 11.1. The number of hydrogen-bond donors (Lipinski definition) is 1. The normalized spacial score (nSPS) is 11.3. The molecule has 126 valence electrons. The van der Waals surface area contributed by atoms with Gasteiger partial charge in [-0.1, -0.05) is 29.8 Å². The number of aromatic nitrogens is 1. The predicted octanol–water partition coefficient (Wildman–Crippen LogP) is 2.16. The summed E-state index contributed by atoms with van der Waals surface area (Å²) in [6.45, 7) is 0.939. The van der Waals surface area contributed by atoms with Crippen molar-refractivity contribution in [1.82, 2.24) is 4.57 Å². The van der Waals surface area contributed by atoms with Gasteiger partial charge in [-0.2, -0.15) is 13.2 Å². The Morgan fingerprint density at radius 3 is 2.17 bits per heavy atom. The van der Waals surface area contributed by atoms with Crippen LogP contribution in [0.15, 0.2) is 41.2 Å². The molecule has 0 bridgehead atoms. The summed E-state index contributed by atoms with van der Waals surface area (Å²) >= 11 is 0. The molecule has 8 heteroatoms. The molecular weight excluding hydrogens is 325 g/mol. The molecular formula is C16H13F3N2O3. The highest BCUT2D eigenvalue weighted by atomic mass is 19.4. The van der Waals surface area contributed by atoms with Crippen LogP contribution in [0.4, 0.5) is 13.2 Å². The molecule has 0 radical (unpaired) electrons. The summed E-state index contributed by atoms with van der Waals surface area (Å²) in [6, 6.07) is 7.42. The van der Waals surface area contributed by atoms with Gasteiger partial charge in [0.1, 0.15) is 11.3 Å². The van der Waals surface area contributed by atoms with Crippen LogP contribution in [0.5, 0.6) is 0 Å². The molecule has 0 fully saturated rings. The van der Waals surface area contributed by atoms with Crippen LogP contribution in [0.3, 0.4) is 0 Å². The molecule has 1 heterocycles. The maximum Gasteiger partial charge on any atom is 0.431 e. The number of pyridine rings is 1. The van der Waals surface area contributed by atoms with Crippen LogP contribution in [-0.2, 0) is 12.7 Å². The monoisotopic (exact) mass is 338 g/mol. The van der Waals surface area contributed by atoms with Crippen LogP contribution < -0.4 is 11.3 Å². The van der Waals surface area contributed by atoms with Gasteiger partial charge in [0.05, 0.1) is 6.54 Å². The molecule has 1 aromatic heterocycles. The number of carbonyl (C=O) groups excluding carboxylic acids is 2. The molecule has 1 aromatic carbocycles. The number of ketones is 1. The first-order valence-electron chi connectivity index (χ1n) is 6.82. The Balaban J connectivity index is 2.52. The van der Waals surface area contributed by atoms with Gasteiger partial charge < -0.3 is 5.73 Å². The molecule has 0 aliphatic rings. The first-order valence-corrected chi connectivity index (χ1v) is 6.82. The summed E-state index contributed by atoms with van der Waals surface area (Å²) in [4.78, 5) is 35.5. The number of aryl methyl sites for hydroxylation is 1. The lowest BCUT2D eigenvalue weighted by Gasteiger charge is -2.15. The SMILES string of the molecule is Cc1ccc(C(=O)Cn2c(C(F)(F)F)ccc(C(N)=O)c2=O)cc1. The molecule has 2 rings (SSSR count). The lowest BCUT2D eigenvalue weighted by molar-refractivity contribution is -0.144. The Labute approximate surface area is 134 Å². The number of benzene rings is 1. The fraction of sp³-hybridized carbons (Fsp3) is 0.188. The van der Waals surface area contributed by atoms with Crippen LogP contribution in [0.25, 0.3) is 0 Å². The van der Waals surface area contributed by atoms with E-state index in [1.165, 1.54) is 12.1 Å². The lowest BCUT2D eigenvalue weighted by atomic mass is 10.1. The second-order valence-electron chi connectivity index (χ2n) is 5.17.